The summed E-state index contributed by atoms with van der Waals surface area (Å²) >= 11 is 0. The molecule has 0 unspecified atom stereocenters. The van der Waals surface area contributed by atoms with E-state index in [-0.39, 0.29) is 18.8 Å². The lowest BCUT2D eigenvalue weighted by molar-refractivity contribution is -0.384. The number of carbonyl (C=O) groups excluding carboxylic acids is 1. The number of nitrogens with zero attached hydrogens (tertiary/aromatic N) is 1. The van der Waals surface area contributed by atoms with E-state index in [0.717, 1.165) is 5.56 Å². The maximum absolute atomic E-state index is 11.6. The first-order chi connectivity index (χ1) is 12.1. The molecule has 1 N–H and O–H groups in total. The molecule has 0 aliphatic heterocycles. The third kappa shape index (κ3) is 5.65. The third-order valence-electron chi connectivity index (χ3n) is 3.30. The highest BCUT2D eigenvalue weighted by molar-refractivity contribution is 5.68. The summed E-state index contributed by atoms with van der Waals surface area (Å²) in [6.45, 7) is 0.459. The minimum atomic E-state index is -0.524. The highest BCUT2D eigenvalue weighted by Crippen LogP contribution is 2.25. The third-order valence-corrected chi connectivity index (χ3v) is 3.30. The summed E-state index contributed by atoms with van der Waals surface area (Å²) in [5, 5.41) is 13.3. The number of ether oxygens (including phenoxy) is 2. The molecule has 2 rings (SSSR count). The summed E-state index contributed by atoms with van der Waals surface area (Å²) in [7, 11) is 1.44. The minimum Gasteiger partial charge on any atom is -0.496 e. The minimum absolute atomic E-state index is 0.0448. The van der Waals surface area contributed by atoms with Crippen LogP contribution < -0.4 is 10.1 Å². The van der Waals surface area contributed by atoms with Gasteiger partial charge in [-0.05, 0) is 11.6 Å². The van der Waals surface area contributed by atoms with E-state index in [4.69, 9.17) is 9.47 Å². The number of nitro benzene ring substituents is 1. The topological polar surface area (TPSA) is 90.7 Å². The summed E-state index contributed by atoms with van der Waals surface area (Å²) in [5.41, 5.74) is 1.54. The second-order valence-electron chi connectivity index (χ2n) is 5.03. The molecular weight excluding hydrogens is 324 g/mol. The fourth-order valence-corrected chi connectivity index (χ4v) is 2.05. The van der Waals surface area contributed by atoms with E-state index in [1.165, 1.54) is 19.2 Å². The average molecular weight is 342 g/mol. The lowest BCUT2D eigenvalue weighted by Crippen LogP contribution is -2.24. The molecule has 0 atom stereocenters. The van der Waals surface area contributed by atoms with Gasteiger partial charge in [0.15, 0.2) is 0 Å². The van der Waals surface area contributed by atoms with Crippen molar-refractivity contribution in [1.29, 1.82) is 0 Å². The lowest BCUT2D eigenvalue weighted by atomic mass is 10.1. The quantitative estimate of drug-likeness (QED) is 0.614. The number of nitrogens with one attached hydrogen (secondary N) is 1. The summed E-state index contributed by atoms with van der Waals surface area (Å²) in [6.07, 6.45) is 2.89. The van der Waals surface area contributed by atoms with Crippen LogP contribution in [-0.4, -0.2) is 24.7 Å². The Labute approximate surface area is 145 Å². The molecule has 0 saturated heterocycles. The summed E-state index contributed by atoms with van der Waals surface area (Å²) in [6, 6.07) is 13.7. The Morgan fingerprint density at radius 1 is 1.24 bits per heavy atom. The zero-order valence-electron chi connectivity index (χ0n) is 13.7. The van der Waals surface area contributed by atoms with Gasteiger partial charge in [0, 0.05) is 18.2 Å². The van der Waals surface area contributed by atoms with Crippen molar-refractivity contribution < 1.29 is 19.2 Å². The van der Waals surface area contributed by atoms with Gasteiger partial charge in [0.05, 0.1) is 18.1 Å². The fraction of sp³-hybridized carbons (Fsp3) is 0.167. The van der Waals surface area contributed by atoms with Crippen LogP contribution in [0.25, 0.3) is 6.08 Å². The molecule has 2 aromatic carbocycles. The van der Waals surface area contributed by atoms with Crippen LogP contribution in [0.4, 0.5) is 10.5 Å². The van der Waals surface area contributed by atoms with Crippen LogP contribution in [-0.2, 0) is 11.3 Å². The van der Waals surface area contributed by atoms with Gasteiger partial charge >= 0.3 is 6.09 Å². The summed E-state index contributed by atoms with van der Waals surface area (Å²) < 4.78 is 10.2. The largest absolute Gasteiger partial charge is 0.496 e. The molecule has 0 spiro atoms. The Morgan fingerprint density at radius 2 is 2.00 bits per heavy atom. The number of alkyl carbamates (subject to hydrolysis) is 1. The first-order valence-electron chi connectivity index (χ1n) is 7.53. The van der Waals surface area contributed by atoms with Gasteiger partial charge in [0.1, 0.15) is 12.4 Å². The molecule has 0 heterocycles. The Kier molecular flexibility index (Phi) is 6.53. The molecule has 0 saturated carbocycles. The molecule has 0 bridgehead atoms. The fourth-order valence-electron chi connectivity index (χ4n) is 2.05. The number of hydrogen-bond acceptors (Lipinski definition) is 5. The molecule has 0 aromatic heterocycles. The van der Waals surface area contributed by atoms with Crippen LogP contribution in [0.1, 0.15) is 11.1 Å². The summed E-state index contributed by atoms with van der Waals surface area (Å²) in [4.78, 5) is 21.9. The predicted molar refractivity (Wildman–Crippen MR) is 93.3 cm³/mol. The van der Waals surface area contributed by atoms with Crippen molar-refractivity contribution in [1.82, 2.24) is 5.32 Å². The molecular formula is C18H18N2O5. The Hall–Kier alpha value is -3.35. The standard InChI is InChI=1S/C18H18N2O5/c1-24-17-12-16(20(22)23)10-9-15(17)8-5-11-19-18(21)25-13-14-6-3-2-4-7-14/h2-10,12H,11,13H2,1H3,(H,19,21). The SMILES string of the molecule is COc1cc([N+](=O)[O-])ccc1C=CCNC(=O)OCc1ccccc1. The number of non-ortho nitro benzene ring substituents is 1. The molecule has 1 amide bonds. The number of carbonyl (C=O) groups is 1. The number of nitro groups is 1. The van der Waals surface area contributed by atoms with Gasteiger partial charge in [0.2, 0.25) is 0 Å². The number of rotatable bonds is 7. The van der Waals surface area contributed by atoms with Crippen LogP contribution in [0.3, 0.4) is 0 Å². The van der Waals surface area contributed by atoms with E-state index >= 15 is 0 Å². The van der Waals surface area contributed by atoms with Crippen molar-refractivity contribution in [2.45, 2.75) is 6.61 Å². The van der Waals surface area contributed by atoms with Gasteiger partial charge in [-0.1, -0.05) is 42.5 Å². The highest BCUT2D eigenvalue weighted by Gasteiger charge is 2.09. The van der Waals surface area contributed by atoms with Crippen molar-refractivity contribution in [2.24, 2.45) is 0 Å². The van der Waals surface area contributed by atoms with Crippen molar-refractivity contribution in [2.75, 3.05) is 13.7 Å². The highest BCUT2D eigenvalue weighted by atomic mass is 16.6. The molecule has 0 radical (unpaired) electrons. The zero-order valence-corrected chi connectivity index (χ0v) is 13.7. The van der Waals surface area contributed by atoms with Crippen molar-refractivity contribution >= 4 is 17.9 Å². The van der Waals surface area contributed by atoms with Gasteiger partial charge < -0.3 is 14.8 Å². The maximum Gasteiger partial charge on any atom is 0.407 e. The van der Waals surface area contributed by atoms with Crippen LogP contribution in [0.15, 0.2) is 54.6 Å². The average Bonchev–Trinajstić information content (AvgIpc) is 2.64. The number of hydrogen-bond donors (Lipinski definition) is 1. The van der Waals surface area contributed by atoms with Crippen molar-refractivity contribution in [3.8, 4) is 5.75 Å². The second-order valence-corrected chi connectivity index (χ2v) is 5.03. The van der Waals surface area contributed by atoms with Crippen molar-refractivity contribution in [3.05, 3.63) is 75.8 Å². The predicted octanol–water partition coefficient (Wildman–Crippen LogP) is 3.54. The smallest absolute Gasteiger partial charge is 0.407 e. The molecule has 0 aliphatic carbocycles. The van der Waals surface area contributed by atoms with Crippen LogP contribution in [0.5, 0.6) is 5.75 Å². The van der Waals surface area contributed by atoms with Gasteiger partial charge in [-0.25, -0.2) is 4.79 Å². The van der Waals surface area contributed by atoms with E-state index in [2.05, 4.69) is 5.32 Å². The van der Waals surface area contributed by atoms with Crippen LogP contribution >= 0.6 is 0 Å². The lowest BCUT2D eigenvalue weighted by Gasteiger charge is -2.06. The number of methoxy groups -OCH3 is 1. The molecule has 7 nitrogen and oxygen atoms in total. The number of benzene rings is 2. The van der Waals surface area contributed by atoms with Crippen molar-refractivity contribution in [3.63, 3.8) is 0 Å². The molecule has 0 aliphatic rings. The molecule has 130 valence electrons. The van der Waals surface area contributed by atoms with E-state index in [9.17, 15) is 14.9 Å². The molecule has 0 fully saturated rings. The second kappa shape index (κ2) is 9.07. The molecule has 25 heavy (non-hydrogen) atoms. The van der Waals surface area contributed by atoms with Gasteiger partial charge in [-0.3, -0.25) is 10.1 Å². The first kappa shape index (κ1) is 18.0. The maximum atomic E-state index is 11.6. The molecule has 2 aromatic rings. The van der Waals surface area contributed by atoms with E-state index < -0.39 is 11.0 Å². The van der Waals surface area contributed by atoms with Gasteiger partial charge in [-0.2, -0.15) is 0 Å². The zero-order chi connectivity index (χ0) is 18.1. The summed E-state index contributed by atoms with van der Waals surface area (Å²) in [5.74, 6) is 0.386. The van der Waals surface area contributed by atoms with E-state index in [1.807, 2.05) is 30.3 Å². The number of amides is 1. The monoisotopic (exact) mass is 342 g/mol. The van der Waals surface area contributed by atoms with Crippen LogP contribution in [0, 0.1) is 10.1 Å². The normalized spacial score (nSPS) is 10.4. The van der Waals surface area contributed by atoms with E-state index in [1.54, 1.807) is 18.2 Å². The van der Waals surface area contributed by atoms with Gasteiger partial charge in [0.25, 0.3) is 5.69 Å². The Morgan fingerprint density at radius 3 is 2.68 bits per heavy atom. The Bertz CT molecular complexity index is 759. The first-order valence-corrected chi connectivity index (χ1v) is 7.53. The van der Waals surface area contributed by atoms with Crippen LogP contribution in [0.2, 0.25) is 0 Å². The Balaban J connectivity index is 1.82. The van der Waals surface area contributed by atoms with E-state index in [0.29, 0.717) is 11.3 Å². The van der Waals surface area contributed by atoms with Gasteiger partial charge in [-0.15, -0.1) is 0 Å². The molecule has 7 heteroatoms.